The molecule has 0 aliphatic heterocycles. The molecule has 2 nitrogen and oxygen atoms in total. The lowest BCUT2D eigenvalue weighted by Crippen LogP contribution is -2.39. The summed E-state index contributed by atoms with van der Waals surface area (Å²) in [4.78, 5) is 10.9. The maximum atomic E-state index is 10.9. The Bertz CT molecular complexity index is 195. The Kier molecular flexibility index (Phi) is 5.68. The molecule has 0 aliphatic carbocycles. The molecular weight excluding hydrogens is 227 g/mol. The summed E-state index contributed by atoms with van der Waals surface area (Å²) in [5.74, 6) is -0.460. The highest BCUT2D eigenvalue weighted by molar-refractivity contribution is 7.45. The third kappa shape index (κ3) is 4.16. The van der Waals surface area contributed by atoms with Crippen LogP contribution < -0.4 is 0 Å². The second-order valence-electron chi connectivity index (χ2n) is 2.65. The van der Waals surface area contributed by atoms with Crippen LogP contribution in [0.2, 0.25) is 6.04 Å². The molecule has 0 bridgehead atoms. The van der Waals surface area contributed by atoms with Crippen LogP contribution in [-0.2, 0) is 9.53 Å². The molecule has 0 aliphatic rings. The predicted molar refractivity (Wildman–Crippen MR) is 58.3 cm³/mol. The van der Waals surface area contributed by atoms with E-state index in [4.69, 9.17) is 26.9 Å². The normalized spacial score (nSPS) is 13.5. The molecule has 1 unspecified atom stereocenters. The zero-order valence-electron chi connectivity index (χ0n) is 7.85. The standard InChI is InChI=1S/C8H14Cl2O2Si/c1-4-7(11)12-8(5-2)13(9,10)6-3/h4,8H,1,5-6H2,2-3H3. The molecule has 5 heteroatoms. The quantitative estimate of drug-likeness (QED) is 0.320. The fourth-order valence-corrected chi connectivity index (χ4v) is 3.42. The second-order valence-corrected chi connectivity index (χ2v) is 10.2. The van der Waals surface area contributed by atoms with Gasteiger partial charge in [0.05, 0.1) is 0 Å². The summed E-state index contributed by atoms with van der Waals surface area (Å²) < 4.78 is 5.05. The van der Waals surface area contributed by atoms with Crippen LogP contribution in [0.15, 0.2) is 12.7 Å². The molecule has 0 N–H and O–H groups in total. The summed E-state index contributed by atoms with van der Waals surface area (Å²) in [7, 11) is 0. The fraction of sp³-hybridized carbons (Fsp3) is 0.625. The topological polar surface area (TPSA) is 26.3 Å². The van der Waals surface area contributed by atoms with E-state index in [2.05, 4.69) is 6.58 Å². The lowest BCUT2D eigenvalue weighted by Gasteiger charge is -2.24. The summed E-state index contributed by atoms with van der Waals surface area (Å²) in [6.07, 6.45) is 1.77. The monoisotopic (exact) mass is 240 g/mol. The highest BCUT2D eigenvalue weighted by Crippen LogP contribution is 2.28. The Morgan fingerprint density at radius 1 is 1.62 bits per heavy atom. The number of carbonyl (C=O) groups is 1. The maximum absolute atomic E-state index is 10.9. The number of rotatable bonds is 5. The fourth-order valence-electron chi connectivity index (χ4n) is 0.884. The van der Waals surface area contributed by atoms with E-state index in [9.17, 15) is 4.79 Å². The molecule has 0 saturated carbocycles. The van der Waals surface area contributed by atoms with Crippen molar-refractivity contribution in [2.45, 2.75) is 32.0 Å². The van der Waals surface area contributed by atoms with E-state index in [1.807, 2.05) is 13.8 Å². The molecule has 76 valence electrons. The summed E-state index contributed by atoms with van der Waals surface area (Å²) in [6.45, 7) is 4.67. The molecule has 0 amide bonds. The SMILES string of the molecule is C=CC(=O)OC(CC)[Si](Cl)(Cl)CC. The zero-order chi connectivity index (χ0) is 10.5. The Morgan fingerprint density at radius 3 is 2.46 bits per heavy atom. The number of carbonyl (C=O) groups excluding carboxylic acids is 1. The van der Waals surface area contributed by atoms with Gasteiger partial charge in [0, 0.05) is 6.08 Å². The van der Waals surface area contributed by atoms with Crippen LogP contribution in [0.5, 0.6) is 0 Å². The van der Waals surface area contributed by atoms with Gasteiger partial charge in [0.25, 0.3) is 6.69 Å². The van der Waals surface area contributed by atoms with Crippen LogP contribution in [0.1, 0.15) is 20.3 Å². The first kappa shape index (κ1) is 13.0. The summed E-state index contributed by atoms with van der Waals surface area (Å²) in [6, 6.07) is 0.666. The van der Waals surface area contributed by atoms with Crippen molar-refractivity contribution in [3.05, 3.63) is 12.7 Å². The summed E-state index contributed by atoms with van der Waals surface area (Å²) >= 11 is 12.2. The van der Waals surface area contributed by atoms with E-state index in [1.165, 1.54) is 0 Å². The average Bonchev–Trinajstić information content (AvgIpc) is 2.13. The third-order valence-electron chi connectivity index (χ3n) is 1.74. The Labute approximate surface area is 89.3 Å². The first-order valence-electron chi connectivity index (χ1n) is 4.18. The molecule has 0 aromatic carbocycles. The van der Waals surface area contributed by atoms with Gasteiger partial charge in [-0.2, -0.15) is 0 Å². The van der Waals surface area contributed by atoms with Gasteiger partial charge in [0.1, 0.15) is 5.73 Å². The number of hydrogen-bond acceptors (Lipinski definition) is 2. The van der Waals surface area contributed by atoms with Crippen molar-refractivity contribution in [1.29, 1.82) is 0 Å². The molecular formula is C8H14Cl2O2Si. The van der Waals surface area contributed by atoms with Crippen molar-refractivity contribution in [1.82, 2.24) is 0 Å². The van der Waals surface area contributed by atoms with Crippen LogP contribution in [0.25, 0.3) is 0 Å². The van der Waals surface area contributed by atoms with Gasteiger partial charge in [-0.05, 0) is 12.5 Å². The van der Waals surface area contributed by atoms with Crippen molar-refractivity contribution in [2.24, 2.45) is 0 Å². The van der Waals surface area contributed by atoms with Gasteiger partial charge in [-0.25, -0.2) is 4.79 Å². The van der Waals surface area contributed by atoms with Crippen LogP contribution >= 0.6 is 22.2 Å². The second kappa shape index (κ2) is 5.68. The highest BCUT2D eigenvalue weighted by Gasteiger charge is 2.38. The van der Waals surface area contributed by atoms with Crippen LogP contribution in [-0.4, -0.2) is 18.4 Å². The van der Waals surface area contributed by atoms with Gasteiger partial charge in [-0.3, -0.25) is 0 Å². The minimum Gasteiger partial charge on any atom is -0.460 e. The van der Waals surface area contributed by atoms with Gasteiger partial charge in [-0.1, -0.05) is 20.4 Å². The van der Waals surface area contributed by atoms with E-state index in [0.717, 1.165) is 6.08 Å². The van der Waals surface area contributed by atoms with E-state index in [1.54, 1.807) is 0 Å². The molecule has 0 aromatic rings. The largest absolute Gasteiger partial charge is 0.460 e. The Hall–Kier alpha value is 0.00688. The molecule has 0 spiro atoms. The third-order valence-corrected chi connectivity index (χ3v) is 7.21. The number of halogens is 2. The van der Waals surface area contributed by atoms with Crippen molar-refractivity contribution < 1.29 is 9.53 Å². The molecule has 0 rings (SSSR count). The van der Waals surface area contributed by atoms with Gasteiger partial charge in [0.15, 0.2) is 0 Å². The molecule has 0 aromatic heterocycles. The maximum Gasteiger partial charge on any atom is 0.330 e. The molecule has 13 heavy (non-hydrogen) atoms. The summed E-state index contributed by atoms with van der Waals surface area (Å²) in [5, 5.41) is 0. The van der Waals surface area contributed by atoms with Crippen molar-refractivity contribution in [3.8, 4) is 0 Å². The van der Waals surface area contributed by atoms with Crippen molar-refractivity contribution >= 4 is 34.8 Å². The zero-order valence-corrected chi connectivity index (χ0v) is 10.4. The van der Waals surface area contributed by atoms with Gasteiger partial charge >= 0.3 is 5.97 Å². The first-order valence-corrected chi connectivity index (χ1v) is 8.49. The molecule has 0 saturated heterocycles. The van der Waals surface area contributed by atoms with Gasteiger partial charge in [-0.15, -0.1) is 22.2 Å². The molecule has 0 radical (unpaired) electrons. The molecule has 1 atom stereocenters. The van der Waals surface area contributed by atoms with Gasteiger partial charge < -0.3 is 4.74 Å². The van der Waals surface area contributed by atoms with E-state index < -0.39 is 12.7 Å². The van der Waals surface area contributed by atoms with E-state index in [0.29, 0.717) is 12.5 Å². The highest BCUT2D eigenvalue weighted by atomic mass is 35.7. The van der Waals surface area contributed by atoms with Gasteiger partial charge in [0.2, 0.25) is 0 Å². The minimum atomic E-state index is -2.43. The summed E-state index contributed by atoms with van der Waals surface area (Å²) in [5.41, 5.74) is -0.341. The van der Waals surface area contributed by atoms with Crippen molar-refractivity contribution in [2.75, 3.05) is 0 Å². The lowest BCUT2D eigenvalue weighted by molar-refractivity contribution is -0.139. The average molecular weight is 241 g/mol. The number of ether oxygens (including phenoxy) is 1. The smallest absolute Gasteiger partial charge is 0.330 e. The lowest BCUT2D eigenvalue weighted by atomic mass is 10.5. The molecule has 0 fully saturated rings. The van der Waals surface area contributed by atoms with Crippen LogP contribution in [0, 0.1) is 0 Å². The predicted octanol–water partition coefficient (Wildman–Crippen LogP) is 2.97. The first-order chi connectivity index (χ1) is 5.97. The van der Waals surface area contributed by atoms with Crippen LogP contribution in [0.4, 0.5) is 0 Å². The Balaban J connectivity index is 4.33. The van der Waals surface area contributed by atoms with E-state index in [-0.39, 0.29) is 5.73 Å². The number of hydrogen-bond donors (Lipinski definition) is 0. The molecule has 0 heterocycles. The van der Waals surface area contributed by atoms with Crippen LogP contribution in [0.3, 0.4) is 0 Å². The minimum absolute atomic E-state index is 0.341. The Morgan fingerprint density at radius 2 is 2.15 bits per heavy atom. The van der Waals surface area contributed by atoms with Crippen molar-refractivity contribution in [3.63, 3.8) is 0 Å². The van der Waals surface area contributed by atoms with E-state index >= 15 is 0 Å². The number of esters is 1.